The molecule has 2 aromatic carbocycles. The second-order valence-corrected chi connectivity index (χ2v) is 8.92. The molecule has 0 saturated heterocycles. The SMILES string of the molecule is O=C(Nc1nn(Cc2cccc(F)c2)cc1Cl)c1cc2nc(-c3ccc(F)cc3)cc(C(F)(F)C(F)(F)F)n2n1. The van der Waals surface area contributed by atoms with Gasteiger partial charge in [-0.2, -0.15) is 32.1 Å². The monoisotopic (exact) mass is 582 g/mol. The van der Waals surface area contributed by atoms with Crippen molar-refractivity contribution in [2.45, 2.75) is 18.6 Å². The van der Waals surface area contributed by atoms with Crippen molar-refractivity contribution in [1.82, 2.24) is 24.4 Å². The van der Waals surface area contributed by atoms with E-state index in [0.29, 0.717) is 11.6 Å². The first kappa shape index (κ1) is 27.1. The average Bonchev–Trinajstić information content (AvgIpc) is 3.46. The average molecular weight is 583 g/mol. The molecule has 7 nitrogen and oxygen atoms in total. The number of fused-ring (bicyclic) bond motifs is 1. The van der Waals surface area contributed by atoms with Gasteiger partial charge in [0.05, 0.1) is 12.2 Å². The summed E-state index contributed by atoms with van der Waals surface area (Å²) in [6.45, 7) is 0.0910. The van der Waals surface area contributed by atoms with Crippen molar-refractivity contribution in [3.05, 3.63) is 100 Å². The van der Waals surface area contributed by atoms with Crippen LogP contribution in [-0.4, -0.2) is 36.5 Å². The van der Waals surface area contributed by atoms with Gasteiger partial charge in [0.25, 0.3) is 5.91 Å². The Labute approximate surface area is 224 Å². The number of alkyl halides is 5. The Morgan fingerprint density at radius 1 is 0.925 bits per heavy atom. The van der Waals surface area contributed by atoms with Gasteiger partial charge >= 0.3 is 12.1 Å². The molecule has 206 valence electrons. The lowest BCUT2D eigenvalue weighted by Gasteiger charge is -2.21. The molecule has 3 aromatic heterocycles. The molecule has 0 fully saturated rings. The van der Waals surface area contributed by atoms with Crippen molar-refractivity contribution >= 4 is 29.0 Å². The maximum Gasteiger partial charge on any atom is 0.459 e. The lowest BCUT2D eigenvalue weighted by atomic mass is 10.1. The summed E-state index contributed by atoms with van der Waals surface area (Å²) >= 11 is 6.13. The van der Waals surface area contributed by atoms with Crippen molar-refractivity contribution in [3.63, 3.8) is 0 Å². The lowest BCUT2D eigenvalue weighted by Crippen LogP contribution is -2.36. The molecular weight excluding hydrogens is 569 g/mol. The number of hydrogen-bond donors (Lipinski definition) is 1. The van der Waals surface area contributed by atoms with Crippen molar-refractivity contribution in [2.24, 2.45) is 0 Å². The van der Waals surface area contributed by atoms with Crippen LogP contribution in [0.3, 0.4) is 0 Å². The van der Waals surface area contributed by atoms with Crippen molar-refractivity contribution in [3.8, 4) is 11.3 Å². The normalized spacial score (nSPS) is 12.2. The minimum absolute atomic E-state index is 0.0328. The molecule has 1 amide bonds. The van der Waals surface area contributed by atoms with Crippen molar-refractivity contribution in [1.29, 1.82) is 0 Å². The Balaban J connectivity index is 1.50. The van der Waals surface area contributed by atoms with Crippen LogP contribution in [0.4, 0.5) is 36.6 Å². The van der Waals surface area contributed by atoms with Gasteiger partial charge in [0.1, 0.15) is 22.4 Å². The zero-order valence-electron chi connectivity index (χ0n) is 19.7. The van der Waals surface area contributed by atoms with E-state index in [9.17, 15) is 35.5 Å². The zero-order valence-corrected chi connectivity index (χ0v) is 20.5. The Morgan fingerprint density at radius 2 is 1.65 bits per heavy atom. The van der Waals surface area contributed by atoms with Gasteiger partial charge in [-0.1, -0.05) is 23.7 Å². The molecule has 0 aliphatic heterocycles. The minimum Gasteiger partial charge on any atom is -0.302 e. The van der Waals surface area contributed by atoms with Crippen LogP contribution in [-0.2, 0) is 12.5 Å². The van der Waals surface area contributed by atoms with E-state index in [2.05, 4.69) is 20.5 Å². The van der Waals surface area contributed by atoms with Crippen molar-refractivity contribution < 1.29 is 35.5 Å². The van der Waals surface area contributed by atoms with E-state index in [4.69, 9.17) is 11.6 Å². The summed E-state index contributed by atoms with van der Waals surface area (Å²) in [7, 11) is 0. The smallest absolute Gasteiger partial charge is 0.302 e. The summed E-state index contributed by atoms with van der Waals surface area (Å²) in [6.07, 6.45) is -4.66. The van der Waals surface area contributed by atoms with Gasteiger partial charge in [0.2, 0.25) is 0 Å². The van der Waals surface area contributed by atoms with Crippen LogP contribution in [0, 0.1) is 11.6 Å². The predicted octanol–water partition coefficient (Wildman–Crippen LogP) is 6.48. The lowest BCUT2D eigenvalue weighted by molar-refractivity contribution is -0.291. The first-order valence-electron chi connectivity index (χ1n) is 11.2. The van der Waals surface area contributed by atoms with Crippen LogP contribution in [0.5, 0.6) is 0 Å². The molecule has 0 bridgehead atoms. The molecule has 1 N–H and O–H groups in total. The van der Waals surface area contributed by atoms with Crippen LogP contribution in [0.1, 0.15) is 21.7 Å². The molecule has 0 aliphatic rings. The number of rotatable bonds is 6. The van der Waals surface area contributed by atoms with Crippen LogP contribution in [0.25, 0.3) is 16.9 Å². The third-order valence-corrected chi connectivity index (χ3v) is 5.94. The van der Waals surface area contributed by atoms with Gasteiger partial charge in [0, 0.05) is 17.8 Å². The Hall–Kier alpha value is -4.46. The number of carbonyl (C=O) groups is 1. The molecule has 0 atom stereocenters. The minimum atomic E-state index is -6.00. The van der Waals surface area contributed by atoms with E-state index in [-0.39, 0.29) is 33.2 Å². The molecule has 0 spiro atoms. The van der Waals surface area contributed by atoms with Gasteiger partial charge in [-0.25, -0.2) is 18.3 Å². The zero-order chi connectivity index (χ0) is 28.8. The van der Waals surface area contributed by atoms with Crippen LogP contribution >= 0.6 is 11.6 Å². The van der Waals surface area contributed by atoms with E-state index in [1.807, 2.05) is 0 Å². The van der Waals surface area contributed by atoms with Gasteiger partial charge < -0.3 is 5.32 Å². The standard InChI is InChI=1S/C25H14ClF7N6O/c26-17-12-38(11-13-2-1-3-16(28)8-13)37-22(17)35-23(40)19-10-21-34-18(14-4-6-15(27)7-5-14)9-20(39(21)36-19)24(29,30)25(31,32)33/h1-10,12H,11H2,(H,35,37,40). The summed E-state index contributed by atoms with van der Waals surface area (Å²) in [5.41, 5.74) is -2.44. The van der Waals surface area contributed by atoms with E-state index in [1.165, 1.54) is 29.1 Å². The Morgan fingerprint density at radius 3 is 2.33 bits per heavy atom. The van der Waals surface area contributed by atoms with E-state index >= 15 is 0 Å². The molecule has 3 heterocycles. The predicted molar refractivity (Wildman–Crippen MR) is 129 cm³/mol. The molecule has 0 radical (unpaired) electrons. The van der Waals surface area contributed by atoms with E-state index in [1.54, 1.807) is 6.07 Å². The first-order chi connectivity index (χ1) is 18.8. The Kier molecular flexibility index (Phi) is 6.74. The van der Waals surface area contributed by atoms with Gasteiger partial charge in [-0.15, -0.1) is 0 Å². The quantitative estimate of drug-likeness (QED) is 0.233. The third kappa shape index (κ3) is 5.21. The number of amides is 1. The van der Waals surface area contributed by atoms with Crippen LogP contribution in [0.15, 0.2) is 66.9 Å². The highest BCUT2D eigenvalue weighted by atomic mass is 35.5. The Bertz CT molecular complexity index is 1730. The largest absolute Gasteiger partial charge is 0.459 e. The van der Waals surface area contributed by atoms with E-state index in [0.717, 1.165) is 30.3 Å². The van der Waals surface area contributed by atoms with E-state index < -0.39 is 46.7 Å². The number of anilines is 1. The fraction of sp³-hybridized carbons (Fsp3) is 0.120. The number of benzene rings is 2. The fourth-order valence-corrected chi connectivity index (χ4v) is 3.98. The molecule has 40 heavy (non-hydrogen) atoms. The maximum atomic E-state index is 14.5. The molecule has 15 heteroatoms. The van der Waals surface area contributed by atoms with Crippen LogP contribution < -0.4 is 5.32 Å². The highest BCUT2D eigenvalue weighted by Gasteiger charge is 2.60. The second kappa shape index (κ2) is 9.93. The summed E-state index contributed by atoms with van der Waals surface area (Å²) in [5.74, 6) is -7.72. The van der Waals surface area contributed by atoms with Crippen molar-refractivity contribution in [2.75, 3.05) is 5.32 Å². The number of aromatic nitrogens is 5. The summed E-state index contributed by atoms with van der Waals surface area (Å²) < 4.78 is 97.4. The molecular formula is C25H14ClF7N6O. The third-order valence-electron chi connectivity index (χ3n) is 5.66. The molecule has 5 aromatic rings. The first-order valence-corrected chi connectivity index (χ1v) is 11.6. The second-order valence-electron chi connectivity index (χ2n) is 8.51. The van der Waals surface area contributed by atoms with Gasteiger partial charge in [-0.3, -0.25) is 9.48 Å². The molecule has 0 saturated carbocycles. The molecule has 0 unspecified atom stereocenters. The number of nitrogens with zero attached hydrogens (tertiary/aromatic N) is 5. The highest BCUT2D eigenvalue weighted by Crippen LogP contribution is 2.44. The molecule has 5 rings (SSSR count). The number of hydrogen-bond acceptors (Lipinski definition) is 4. The fourth-order valence-electron chi connectivity index (χ4n) is 3.78. The summed E-state index contributed by atoms with van der Waals surface area (Å²) in [5, 5.41) is 10.0. The summed E-state index contributed by atoms with van der Waals surface area (Å²) in [6, 6.07) is 11.3. The number of halogens is 8. The van der Waals surface area contributed by atoms with Gasteiger partial charge in [0.15, 0.2) is 17.2 Å². The molecule has 0 aliphatic carbocycles. The number of carbonyl (C=O) groups excluding carboxylic acids is 1. The highest BCUT2D eigenvalue weighted by molar-refractivity contribution is 6.33. The van der Waals surface area contributed by atoms with Gasteiger partial charge in [-0.05, 0) is 48.0 Å². The topological polar surface area (TPSA) is 77.1 Å². The number of nitrogens with one attached hydrogen (secondary N) is 1. The maximum absolute atomic E-state index is 14.5. The summed E-state index contributed by atoms with van der Waals surface area (Å²) in [4.78, 5) is 16.9. The van der Waals surface area contributed by atoms with Crippen LogP contribution in [0.2, 0.25) is 5.02 Å².